The van der Waals surface area contributed by atoms with E-state index in [1.807, 2.05) is 0 Å². The number of hydrogen-bond acceptors (Lipinski definition) is 0. The summed E-state index contributed by atoms with van der Waals surface area (Å²) in [5.41, 5.74) is 8.91. The third-order valence-corrected chi connectivity index (χ3v) is 36.4. The van der Waals surface area contributed by atoms with Crippen molar-refractivity contribution in [2.45, 2.75) is 103 Å². The first kappa shape index (κ1) is 76.7. The van der Waals surface area contributed by atoms with E-state index in [1.54, 1.807) is 15.9 Å². The number of halogens is 4. The molecule has 0 N–H and O–H groups in total. The molecule has 20 atom stereocenters. The van der Waals surface area contributed by atoms with Crippen LogP contribution in [-0.2, 0) is 41.7 Å². The molecule has 92 heavy (non-hydrogen) atoms. The molecule has 2 aromatic rings. The third kappa shape index (κ3) is 14.3. The van der Waals surface area contributed by atoms with Gasteiger partial charge in [0.2, 0.25) is 0 Å². The Labute approximate surface area is 600 Å². The zero-order valence-electron chi connectivity index (χ0n) is 57.4. The Morgan fingerprint density at radius 2 is 0.641 bits per heavy atom. The molecule has 0 spiro atoms. The first-order valence-electron chi connectivity index (χ1n) is 33.1. The number of fused-ring (bicyclic) bond motifs is 12. The molecule has 12 aliphatic carbocycles. The van der Waals surface area contributed by atoms with Crippen LogP contribution >= 0.6 is 34.1 Å². The van der Waals surface area contributed by atoms with Gasteiger partial charge < -0.3 is 29.7 Å². The quantitative estimate of drug-likeness (QED) is 0.126. The SMILES string of the molecule is C=CC[Si](c1ccccc1)(C1C2C=CC=CC2C2C=CC=CC21)C1C2C=C(C)C=CC2C2C=CC(C(C)(C)C)=CC21.CCC[Si](c1ccccc1)(C1C2C=CC=CC2C2C=CC=CC21)C1C2C=C(C)C=CC2C2C=CC(C(C)(C)C)=CC21.[CH3-].[CH3-].[CH3-].[CH3-].[Cl][Zr+2][Cl].[Cl][Zr+2][Cl]. The third-order valence-electron chi connectivity index (χ3n) is 23.5. The Morgan fingerprint density at radius 1 is 0.380 bits per heavy atom. The molecular formula is C84H106Cl4Si2Zr2. The molecule has 0 heterocycles. The molecular weight excluding hydrogens is 1390 g/mol. The molecule has 8 heteroatoms. The number of benzene rings is 2. The second kappa shape index (κ2) is 32.8. The van der Waals surface area contributed by atoms with E-state index in [2.05, 4.69) is 306 Å². The van der Waals surface area contributed by atoms with Crippen molar-refractivity contribution in [1.82, 2.24) is 0 Å². The Hall–Kier alpha value is -2.62. The van der Waals surface area contributed by atoms with Crippen LogP contribution < -0.4 is 10.4 Å². The Balaban J connectivity index is 0.000000231. The van der Waals surface area contributed by atoms with Crippen LogP contribution in [0.2, 0.25) is 34.3 Å². The van der Waals surface area contributed by atoms with Crippen LogP contribution in [0.25, 0.3) is 0 Å². The molecule has 0 radical (unpaired) electrons. The van der Waals surface area contributed by atoms with Gasteiger partial charge in [0.25, 0.3) is 0 Å². The van der Waals surface area contributed by atoms with Gasteiger partial charge in [-0.3, -0.25) is 0 Å². The number of rotatable bonds is 10. The van der Waals surface area contributed by atoms with Gasteiger partial charge in [-0.25, -0.2) is 0 Å². The van der Waals surface area contributed by atoms with Gasteiger partial charge in [0, 0.05) is 0 Å². The number of allylic oxidation sites excluding steroid dienone is 33. The van der Waals surface area contributed by atoms with Crippen molar-refractivity contribution in [3.63, 3.8) is 0 Å². The normalized spacial score (nSPS) is 35.3. The average Bonchev–Trinajstić information content (AvgIpc) is 1.52. The summed E-state index contributed by atoms with van der Waals surface area (Å²) in [6.45, 7) is 26.0. The van der Waals surface area contributed by atoms with Gasteiger partial charge in [0.1, 0.15) is 0 Å². The predicted octanol–water partition coefficient (Wildman–Crippen LogP) is 23.9. The zero-order valence-corrected chi connectivity index (χ0v) is 67.3. The van der Waals surface area contributed by atoms with Crippen molar-refractivity contribution in [2.24, 2.45) is 106 Å². The molecule has 14 rings (SSSR count). The van der Waals surface area contributed by atoms with Gasteiger partial charge in [0.05, 0.1) is 16.1 Å². The second-order valence-electron chi connectivity index (χ2n) is 29.6. The molecule has 12 aliphatic rings. The van der Waals surface area contributed by atoms with Gasteiger partial charge in [0.15, 0.2) is 0 Å². The molecule has 0 saturated heterocycles. The minimum atomic E-state index is -2.30. The molecule has 0 bridgehead atoms. The predicted molar refractivity (Wildman–Crippen MR) is 406 cm³/mol. The topological polar surface area (TPSA) is 0 Å². The Morgan fingerprint density at radius 3 is 0.957 bits per heavy atom. The monoisotopic (exact) mass is 1490 g/mol. The van der Waals surface area contributed by atoms with Crippen LogP contribution in [0.5, 0.6) is 0 Å². The van der Waals surface area contributed by atoms with Crippen LogP contribution in [0, 0.1) is 135 Å². The summed E-state index contributed by atoms with van der Waals surface area (Å²) in [6.07, 6.45) is 74.3. The molecule has 0 nitrogen and oxygen atoms in total. The van der Waals surface area contributed by atoms with Crippen molar-refractivity contribution in [3.05, 3.63) is 295 Å². The average molecular weight is 1500 g/mol. The molecule has 0 aromatic heterocycles. The van der Waals surface area contributed by atoms with Gasteiger partial charge >= 0.3 is 75.7 Å². The summed E-state index contributed by atoms with van der Waals surface area (Å²) in [7, 11) is 15.2. The van der Waals surface area contributed by atoms with Crippen molar-refractivity contribution < 1.29 is 41.7 Å². The van der Waals surface area contributed by atoms with E-state index < -0.39 is 57.8 Å². The molecule has 486 valence electrons. The second-order valence-corrected chi connectivity index (χ2v) is 46.0. The molecule has 0 aliphatic heterocycles. The van der Waals surface area contributed by atoms with Gasteiger partial charge in [-0.2, -0.15) is 0 Å². The summed E-state index contributed by atoms with van der Waals surface area (Å²) >= 11 is -1.65. The van der Waals surface area contributed by atoms with Crippen LogP contribution in [0.3, 0.4) is 0 Å². The van der Waals surface area contributed by atoms with Crippen LogP contribution in [0.1, 0.15) is 68.7 Å². The van der Waals surface area contributed by atoms with E-state index in [1.165, 1.54) is 29.2 Å². The van der Waals surface area contributed by atoms with E-state index in [9.17, 15) is 0 Å². The molecule has 2 aromatic carbocycles. The van der Waals surface area contributed by atoms with Crippen molar-refractivity contribution in [2.75, 3.05) is 0 Å². The standard InChI is InChI=1S/C40H48Si.C40H46Si.4CH3.4ClH.2Zr/c2*1-6-24-41(29-14-8-7-9-15-29,38-34-18-12-10-16-30(34)31-17-11-13-19-35(31)38)39-36-25-27(2)20-22-32(36)33-23-21-28(26-37(33)39)40(3,4)5;;;;;;;;;;/h7-23,25-26,30-39H,6,24H2,1-5H3;6-23,25-26,30-39H,1,24H2,2-5H3;4*1H3;4*1H;;/q;;4*-1;;;;;2*+4/p-4. The fourth-order valence-electron chi connectivity index (χ4n) is 20.6. The Kier molecular flexibility index (Phi) is 27.4. The summed E-state index contributed by atoms with van der Waals surface area (Å²) in [4.78, 5) is 0. The van der Waals surface area contributed by atoms with E-state index in [4.69, 9.17) is 34.1 Å². The van der Waals surface area contributed by atoms with Crippen LogP contribution in [-0.4, -0.2) is 16.1 Å². The molecule has 4 fully saturated rings. The van der Waals surface area contributed by atoms with Crippen molar-refractivity contribution in [3.8, 4) is 0 Å². The molecule has 4 saturated carbocycles. The number of hydrogen-bond donors (Lipinski definition) is 0. The van der Waals surface area contributed by atoms with E-state index in [0.29, 0.717) is 117 Å². The summed E-state index contributed by atoms with van der Waals surface area (Å²) in [5.74, 6) is 9.43. The van der Waals surface area contributed by atoms with E-state index in [0.717, 1.165) is 6.04 Å². The van der Waals surface area contributed by atoms with Crippen molar-refractivity contribution in [1.29, 1.82) is 0 Å². The van der Waals surface area contributed by atoms with Gasteiger partial charge in [-0.1, -0.05) is 319 Å². The molecule has 0 amide bonds. The van der Waals surface area contributed by atoms with Crippen LogP contribution in [0.15, 0.2) is 266 Å². The summed E-state index contributed by atoms with van der Waals surface area (Å²) in [5, 5.41) is 3.38. The zero-order chi connectivity index (χ0) is 62.1. The summed E-state index contributed by atoms with van der Waals surface area (Å²) < 4.78 is 0. The Bertz CT molecular complexity index is 3280. The van der Waals surface area contributed by atoms with Gasteiger partial charge in [-0.05, 0) is 159 Å². The van der Waals surface area contributed by atoms with Crippen molar-refractivity contribution >= 4 is 60.6 Å². The maximum atomic E-state index is 4.93. The maximum absolute atomic E-state index is 4.93. The first-order chi connectivity index (χ1) is 42.5. The van der Waals surface area contributed by atoms with E-state index in [-0.39, 0.29) is 40.5 Å². The van der Waals surface area contributed by atoms with E-state index >= 15 is 0 Å². The molecule has 20 unspecified atom stereocenters. The first-order valence-corrected chi connectivity index (χ1v) is 50.5. The van der Waals surface area contributed by atoms with Crippen LogP contribution in [0.4, 0.5) is 0 Å². The summed E-state index contributed by atoms with van der Waals surface area (Å²) in [6, 6.07) is 26.5. The van der Waals surface area contributed by atoms with Gasteiger partial charge in [-0.15, -0.1) is 6.58 Å². The minimum absolute atomic E-state index is 0. The fourth-order valence-corrected chi connectivity index (χ4v) is 35.8. The fraction of sp³-hybridized carbons (Fsp3) is 0.405.